The lowest BCUT2D eigenvalue weighted by molar-refractivity contribution is -0.169. The Morgan fingerprint density at radius 1 is 0.257 bits per heavy atom. The zero-order valence-corrected chi connectivity index (χ0v) is 77.2. The van der Waals surface area contributed by atoms with Crippen LogP contribution in [0.25, 0.3) is 98.0 Å². The van der Waals surface area contributed by atoms with Gasteiger partial charge in [0.05, 0.1) is 41.2 Å². The van der Waals surface area contributed by atoms with Gasteiger partial charge in [0.2, 0.25) is 0 Å². The molecule has 3 unspecified atom stereocenters. The molecule has 15 aromatic carbocycles. The van der Waals surface area contributed by atoms with E-state index in [1.165, 1.54) is 0 Å². The summed E-state index contributed by atoms with van der Waals surface area (Å²) in [6.07, 6.45) is 4.64. The fourth-order valence-corrected chi connectivity index (χ4v) is 18.4. The predicted octanol–water partition coefficient (Wildman–Crippen LogP) is 22.1. The van der Waals surface area contributed by atoms with Crippen molar-refractivity contribution in [2.24, 2.45) is 0 Å². The van der Waals surface area contributed by atoms with E-state index in [1.54, 1.807) is 21.3 Å². The van der Waals surface area contributed by atoms with Crippen LogP contribution in [0, 0.1) is 0 Å². The standard InChI is InChI=1S/C114H117NO21/c1-119-103-64-76(70-134-106-34-16-19-55-128-106)37-46-94(103)122-58-61-125-97-49-40-79-22-4-10-28-88(79)109(97)112-91-31-13-7-25-82(91)43-52-100(112)131-73-85(116)67-115(68-86(117)74-132-101-53-44-83-26-8-14-32-92(83)113(101)110-89-29-11-5-23-80(89)41-50-98(110)126-62-59-123-95-47-38-77(65-104(95)120-2)71-135-107-35-17-20-56-129-107)69-87(118)75-133-102-54-45-84-27-9-15-33-93(84)114(102)111-90-30-12-6-24-81(90)42-51-99(111)127-63-60-124-96-48-39-78(66-105(96)121-3)72-136-108-36-18-21-57-130-108/h4-15,22-33,37-54,64-66,85-87,106-108,116-118H,16-21,34-36,55-63,67-75H2,1-3H3/t85-,86-,87-,106?,107?,108?/m0/s1. The van der Waals surface area contributed by atoms with Crippen LogP contribution in [0.15, 0.2) is 273 Å². The minimum Gasteiger partial charge on any atom is -0.493 e. The van der Waals surface area contributed by atoms with Gasteiger partial charge in [-0.25, -0.2) is 0 Å². The van der Waals surface area contributed by atoms with Crippen LogP contribution in [0.5, 0.6) is 69.0 Å². The maximum atomic E-state index is 12.8. The van der Waals surface area contributed by atoms with Crippen LogP contribution in [0.1, 0.15) is 74.5 Å². The molecule has 0 radical (unpaired) electrons. The van der Waals surface area contributed by atoms with Crippen molar-refractivity contribution in [3.05, 3.63) is 290 Å². The maximum Gasteiger partial charge on any atom is 0.161 e. The van der Waals surface area contributed by atoms with E-state index in [0.29, 0.717) is 109 Å². The third-order valence-electron chi connectivity index (χ3n) is 25.0. The largest absolute Gasteiger partial charge is 0.493 e. The summed E-state index contributed by atoms with van der Waals surface area (Å²) >= 11 is 0. The Bertz CT molecular complexity index is 5910. The molecule has 22 heteroatoms. The SMILES string of the molecule is COc1cc(COC2CCCCO2)ccc1OCCOc1ccc2ccccc2c1-c1c(OC[C@@H](O)CN(C[C@H](O)COc2ccc3ccccc3c2-c2c(OCCOc3ccc(COC4CCCCO4)cc3OC)ccc3ccccc23)C[C@H](O)COc2ccc3ccccc3c2-c2c(OCCOc3ccc(COC4CCCCO4)cc3OC)ccc3ccccc23)ccc2ccccc12. The van der Waals surface area contributed by atoms with Gasteiger partial charge in [0.25, 0.3) is 0 Å². The van der Waals surface area contributed by atoms with Gasteiger partial charge < -0.3 is 101 Å². The lowest BCUT2D eigenvalue weighted by Gasteiger charge is -2.30. The van der Waals surface area contributed by atoms with Crippen LogP contribution in [-0.4, -0.2) is 178 Å². The number of fused-ring (bicyclic) bond motifs is 6. The number of rotatable bonds is 45. The number of benzene rings is 15. The second kappa shape index (κ2) is 46.1. The van der Waals surface area contributed by atoms with Crippen LogP contribution in [0.2, 0.25) is 0 Å². The molecule has 18 rings (SSSR count). The van der Waals surface area contributed by atoms with Gasteiger partial charge in [-0.15, -0.1) is 0 Å². The zero-order valence-electron chi connectivity index (χ0n) is 77.2. The molecule has 0 aromatic heterocycles. The predicted molar refractivity (Wildman–Crippen MR) is 529 cm³/mol. The summed E-state index contributed by atoms with van der Waals surface area (Å²) in [6.45, 7) is 3.48. The second-order valence-electron chi connectivity index (χ2n) is 34.4. The van der Waals surface area contributed by atoms with Gasteiger partial charge in [-0.2, -0.15) is 0 Å². The van der Waals surface area contributed by atoms with E-state index in [2.05, 4.69) is 72.8 Å². The summed E-state index contributed by atoms with van der Waals surface area (Å²) in [4.78, 5) is 1.83. The molecule has 6 atom stereocenters. The summed E-state index contributed by atoms with van der Waals surface area (Å²) in [5.74, 6) is 6.69. The Balaban J connectivity index is 0.614. The first-order chi connectivity index (χ1) is 67.0. The third-order valence-corrected chi connectivity index (χ3v) is 25.0. The number of ether oxygens (including phenoxy) is 18. The smallest absolute Gasteiger partial charge is 0.161 e. The molecule has 0 spiro atoms. The molecule has 3 fully saturated rings. The highest BCUT2D eigenvalue weighted by Crippen LogP contribution is 2.50. The van der Waals surface area contributed by atoms with E-state index < -0.39 is 18.3 Å². The van der Waals surface area contributed by atoms with Crippen molar-refractivity contribution in [1.29, 1.82) is 0 Å². The first kappa shape index (κ1) is 93.5. The molecule has 0 amide bonds. The maximum absolute atomic E-state index is 12.8. The zero-order chi connectivity index (χ0) is 92.7. The van der Waals surface area contributed by atoms with E-state index in [-0.39, 0.29) is 98.0 Å². The summed E-state index contributed by atoms with van der Waals surface area (Å²) < 4.78 is 114. The average Bonchev–Trinajstić information content (AvgIpc) is 0.760. The lowest BCUT2D eigenvalue weighted by Crippen LogP contribution is -2.45. The van der Waals surface area contributed by atoms with Crippen molar-refractivity contribution in [2.45, 2.75) is 115 Å². The molecule has 136 heavy (non-hydrogen) atoms. The Morgan fingerprint density at radius 3 is 0.706 bits per heavy atom. The number of methoxy groups -OCH3 is 3. The second-order valence-corrected chi connectivity index (χ2v) is 34.4. The van der Waals surface area contributed by atoms with Gasteiger partial charge in [-0.05, 0) is 212 Å². The first-order valence-electron chi connectivity index (χ1n) is 47.3. The van der Waals surface area contributed by atoms with Crippen LogP contribution in [0.3, 0.4) is 0 Å². The quantitative estimate of drug-likeness (QED) is 0.0301. The fraction of sp³-hybridized carbons (Fsp3) is 0.316. The molecule has 0 saturated carbocycles. The highest BCUT2D eigenvalue weighted by molar-refractivity contribution is 6.12. The normalized spacial score (nSPS) is 15.9. The van der Waals surface area contributed by atoms with E-state index in [1.807, 2.05) is 205 Å². The molecule has 0 aliphatic carbocycles. The van der Waals surface area contributed by atoms with Crippen LogP contribution < -0.4 is 56.8 Å². The first-order valence-corrected chi connectivity index (χ1v) is 47.3. The molecular weight excluding hydrogens is 1720 g/mol. The van der Waals surface area contributed by atoms with Gasteiger partial charge in [0.15, 0.2) is 53.4 Å². The summed E-state index contributed by atoms with van der Waals surface area (Å²) in [7, 11) is 4.87. The Hall–Kier alpha value is -12.9. The van der Waals surface area contributed by atoms with Crippen molar-refractivity contribution in [1.82, 2.24) is 4.90 Å². The molecule has 3 heterocycles. The average molecular weight is 1840 g/mol. The molecule has 0 bridgehead atoms. The van der Waals surface area contributed by atoms with Crippen molar-refractivity contribution >= 4 is 64.6 Å². The third kappa shape index (κ3) is 23.1. The minimum absolute atomic E-state index is 0.0772. The molecular formula is C114H117NO21. The Kier molecular flexibility index (Phi) is 31.7. The van der Waals surface area contributed by atoms with E-state index in [4.69, 9.17) is 85.3 Å². The molecule has 3 N–H and O–H groups in total. The Morgan fingerprint density at radius 2 is 0.478 bits per heavy atom. The number of nitrogens with zero attached hydrogens (tertiary/aromatic N) is 1. The van der Waals surface area contributed by atoms with Gasteiger partial charge in [-0.1, -0.05) is 200 Å². The number of aliphatic hydroxyl groups is 3. The fourth-order valence-electron chi connectivity index (χ4n) is 18.4. The van der Waals surface area contributed by atoms with Crippen LogP contribution in [-0.2, 0) is 48.2 Å². The van der Waals surface area contributed by atoms with E-state index in [0.717, 1.165) is 172 Å². The summed E-state index contributed by atoms with van der Waals surface area (Å²) in [6, 6.07) is 90.2. The monoisotopic (exact) mass is 1840 g/mol. The molecule has 704 valence electrons. The van der Waals surface area contributed by atoms with Gasteiger partial charge >= 0.3 is 0 Å². The van der Waals surface area contributed by atoms with Crippen LogP contribution in [0.4, 0.5) is 0 Å². The van der Waals surface area contributed by atoms with Gasteiger partial charge in [-0.3, -0.25) is 4.90 Å². The molecule has 3 saturated heterocycles. The van der Waals surface area contributed by atoms with Gasteiger partial charge in [0, 0.05) is 72.8 Å². The van der Waals surface area contributed by atoms with Gasteiger partial charge in [0.1, 0.15) is 112 Å². The molecule has 3 aliphatic rings. The number of hydrogen-bond acceptors (Lipinski definition) is 22. The molecule has 15 aromatic rings. The minimum atomic E-state index is -1.21. The lowest BCUT2D eigenvalue weighted by atomic mass is 9.92. The molecule has 3 aliphatic heterocycles. The van der Waals surface area contributed by atoms with E-state index >= 15 is 0 Å². The summed E-state index contributed by atoms with van der Waals surface area (Å²) in [5.41, 5.74) is 7.48. The van der Waals surface area contributed by atoms with Crippen molar-refractivity contribution in [2.75, 3.05) is 120 Å². The van der Waals surface area contributed by atoms with Crippen molar-refractivity contribution < 1.29 is 101 Å². The number of hydrogen-bond donors (Lipinski definition) is 3. The van der Waals surface area contributed by atoms with Crippen LogP contribution >= 0.6 is 0 Å². The van der Waals surface area contributed by atoms with E-state index in [9.17, 15) is 15.3 Å². The van der Waals surface area contributed by atoms with Crippen molar-refractivity contribution in [3.63, 3.8) is 0 Å². The highest BCUT2D eigenvalue weighted by atomic mass is 16.7. The highest BCUT2D eigenvalue weighted by Gasteiger charge is 2.29. The summed E-state index contributed by atoms with van der Waals surface area (Å²) in [5, 5.41) is 49.6. The Labute approximate surface area is 792 Å². The number of aliphatic hydroxyl groups excluding tert-OH is 3. The van der Waals surface area contributed by atoms with Crippen molar-refractivity contribution in [3.8, 4) is 102 Å². The topological polar surface area (TPSA) is 230 Å². The molecule has 22 nitrogen and oxygen atoms in total.